The van der Waals surface area contributed by atoms with Gasteiger partial charge in [0.15, 0.2) is 0 Å². The van der Waals surface area contributed by atoms with Crippen molar-refractivity contribution in [2.75, 3.05) is 52.5 Å². The number of likely N-dealkylation sites (tertiary alicyclic amines) is 1. The molecule has 138 valence electrons. The summed E-state index contributed by atoms with van der Waals surface area (Å²) >= 11 is 0. The fourth-order valence-electron chi connectivity index (χ4n) is 4.36. The van der Waals surface area contributed by atoms with Gasteiger partial charge < -0.3 is 14.4 Å². The quantitative estimate of drug-likeness (QED) is 0.776. The van der Waals surface area contributed by atoms with Crippen molar-refractivity contribution >= 4 is 5.91 Å². The minimum atomic E-state index is 0.189. The number of carbonyl (C=O) groups excluding carboxylic acids is 1. The molecule has 25 heavy (non-hydrogen) atoms. The van der Waals surface area contributed by atoms with Crippen LogP contribution in [0.3, 0.4) is 0 Å². The number of hydrogen-bond acceptors (Lipinski definition) is 5. The Kier molecular flexibility index (Phi) is 5.05. The van der Waals surface area contributed by atoms with E-state index >= 15 is 0 Å². The van der Waals surface area contributed by atoms with Crippen LogP contribution in [0.4, 0.5) is 0 Å². The van der Waals surface area contributed by atoms with Gasteiger partial charge >= 0.3 is 0 Å². The van der Waals surface area contributed by atoms with Crippen molar-refractivity contribution in [3.63, 3.8) is 0 Å². The minimum absolute atomic E-state index is 0.189. The molecule has 0 saturated carbocycles. The second-order valence-electron chi connectivity index (χ2n) is 7.49. The first-order valence-electron chi connectivity index (χ1n) is 9.37. The molecule has 3 atom stereocenters. The Labute approximate surface area is 148 Å². The highest BCUT2D eigenvalue weighted by Crippen LogP contribution is 2.35. The Morgan fingerprint density at radius 3 is 2.92 bits per heavy atom. The van der Waals surface area contributed by atoms with Gasteiger partial charge in [0.25, 0.3) is 0 Å². The van der Waals surface area contributed by atoms with Crippen LogP contribution < -0.4 is 0 Å². The molecule has 3 fully saturated rings. The van der Waals surface area contributed by atoms with Crippen LogP contribution in [-0.4, -0.2) is 84.1 Å². The summed E-state index contributed by atoms with van der Waals surface area (Å²) in [4.78, 5) is 17.0. The van der Waals surface area contributed by atoms with E-state index in [1.807, 2.05) is 24.2 Å². The summed E-state index contributed by atoms with van der Waals surface area (Å²) in [5.41, 5.74) is 0.850. The Balaban J connectivity index is 1.29. The molecule has 7 heteroatoms. The monoisotopic (exact) mass is 348 g/mol. The van der Waals surface area contributed by atoms with Gasteiger partial charge in [-0.2, -0.15) is 5.10 Å². The first kappa shape index (κ1) is 17.0. The maximum atomic E-state index is 12.6. The van der Waals surface area contributed by atoms with E-state index in [0.29, 0.717) is 24.4 Å². The summed E-state index contributed by atoms with van der Waals surface area (Å²) in [5, 5.41) is 4.32. The van der Waals surface area contributed by atoms with Crippen molar-refractivity contribution in [2.24, 2.45) is 18.9 Å². The second kappa shape index (κ2) is 7.43. The number of aryl methyl sites for hydroxylation is 1. The summed E-state index contributed by atoms with van der Waals surface area (Å²) in [6.45, 7) is 7.14. The van der Waals surface area contributed by atoms with Crippen LogP contribution in [-0.2, 0) is 27.7 Å². The fourth-order valence-corrected chi connectivity index (χ4v) is 4.36. The highest BCUT2D eigenvalue weighted by molar-refractivity contribution is 5.78. The summed E-state index contributed by atoms with van der Waals surface area (Å²) in [7, 11) is 1.88. The average molecular weight is 348 g/mol. The van der Waals surface area contributed by atoms with Gasteiger partial charge in [0.1, 0.15) is 0 Å². The Hall–Kier alpha value is -1.44. The molecule has 3 saturated heterocycles. The van der Waals surface area contributed by atoms with E-state index in [0.717, 1.165) is 64.7 Å². The van der Waals surface area contributed by atoms with Gasteiger partial charge in [0.05, 0.1) is 38.0 Å². The fraction of sp³-hybridized carbons (Fsp3) is 0.778. The van der Waals surface area contributed by atoms with Gasteiger partial charge in [0.2, 0.25) is 5.91 Å². The minimum Gasteiger partial charge on any atom is -0.379 e. The Morgan fingerprint density at radius 1 is 1.32 bits per heavy atom. The van der Waals surface area contributed by atoms with E-state index in [9.17, 15) is 4.79 Å². The SMILES string of the molecule is Cn1ccc(CC(=O)N2CC[C@@H]3[C@@H](CO[C@H]3CN3CCOCC3)C2)n1. The van der Waals surface area contributed by atoms with Crippen molar-refractivity contribution in [3.05, 3.63) is 18.0 Å². The first-order chi connectivity index (χ1) is 12.2. The van der Waals surface area contributed by atoms with Gasteiger partial charge in [-0.05, 0) is 18.4 Å². The van der Waals surface area contributed by atoms with Crippen LogP contribution in [0.1, 0.15) is 12.1 Å². The molecule has 0 radical (unpaired) electrons. The number of piperidine rings is 1. The number of fused-ring (bicyclic) bond motifs is 1. The van der Waals surface area contributed by atoms with Gasteiger partial charge in [-0.3, -0.25) is 14.4 Å². The van der Waals surface area contributed by atoms with Crippen molar-refractivity contribution < 1.29 is 14.3 Å². The largest absolute Gasteiger partial charge is 0.379 e. The molecular formula is C18H28N4O3. The molecular weight excluding hydrogens is 320 g/mol. The molecule has 0 spiro atoms. The van der Waals surface area contributed by atoms with Crippen LogP contribution in [0.2, 0.25) is 0 Å². The molecule has 4 rings (SSSR count). The Bertz CT molecular complexity index is 599. The molecule has 1 aromatic heterocycles. The zero-order valence-electron chi connectivity index (χ0n) is 15.0. The standard InChI is InChI=1S/C18H28N4O3/c1-20-4-2-15(19-20)10-18(23)22-5-3-16-14(11-22)13-25-17(16)12-21-6-8-24-9-7-21/h2,4,14,16-17H,3,5-13H2,1H3/t14-,16-,17+/m1/s1. The van der Waals surface area contributed by atoms with Gasteiger partial charge in [0, 0.05) is 51.9 Å². The molecule has 3 aliphatic heterocycles. The van der Waals surface area contributed by atoms with Gasteiger partial charge in [-0.1, -0.05) is 0 Å². The topological polar surface area (TPSA) is 59.8 Å². The number of carbonyl (C=O) groups is 1. The third-order valence-corrected chi connectivity index (χ3v) is 5.79. The zero-order valence-corrected chi connectivity index (χ0v) is 15.0. The van der Waals surface area contributed by atoms with E-state index < -0.39 is 0 Å². The number of aromatic nitrogens is 2. The first-order valence-corrected chi connectivity index (χ1v) is 9.37. The van der Waals surface area contributed by atoms with Crippen LogP contribution in [0.5, 0.6) is 0 Å². The molecule has 7 nitrogen and oxygen atoms in total. The van der Waals surface area contributed by atoms with Crippen molar-refractivity contribution in [3.8, 4) is 0 Å². The molecule has 0 aliphatic carbocycles. The van der Waals surface area contributed by atoms with Crippen LogP contribution in [0.25, 0.3) is 0 Å². The van der Waals surface area contributed by atoms with Crippen molar-refractivity contribution in [2.45, 2.75) is 18.9 Å². The van der Waals surface area contributed by atoms with Gasteiger partial charge in [-0.15, -0.1) is 0 Å². The highest BCUT2D eigenvalue weighted by atomic mass is 16.5. The second-order valence-corrected chi connectivity index (χ2v) is 7.49. The lowest BCUT2D eigenvalue weighted by Crippen LogP contribution is -2.47. The van der Waals surface area contributed by atoms with E-state index in [-0.39, 0.29) is 5.91 Å². The van der Waals surface area contributed by atoms with E-state index in [1.165, 1.54) is 0 Å². The maximum absolute atomic E-state index is 12.6. The maximum Gasteiger partial charge on any atom is 0.228 e. The molecule has 0 aromatic carbocycles. The molecule has 0 N–H and O–H groups in total. The zero-order chi connectivity index (χ0) is 17.2. The lowest BCUT2D eigenvalue weighted by atomic mass is 9.84. The molecule has 4 heterocycles. The summed E-state index contributed by atoms with van der Waals surface area (Å²) in [6.07, 6.45) is 3.65. The average Bonchev–Trinajstić information content (AvgIpc) is 3.22. The smallest absolute Gasteiger partial charge is 0.228 e. The number of morpholine rings is 1. The lowest BCUT2D eigenvalue weighted by molar-refractivity contribution is -0.132. The summed E-state index contributed by atoms with van der Waals surface area (Å²) in [6, 6.07) is 1.92. The van der Waals surface area contributed by atoms with Crippen LogP contribution >= 0.6 is 0 Å². The third kappa shape index (κ3) is 3.88. The van der Waals surface area contributed by atoms with Crippen molar-refractivity contribution in [1.29, 1.82) is 0 Å². The molecule has 1 aromatic rings. The lowest BCUT2D eigenvalue weighted by Gasteiger charge is -2.37. The Morgan fingerprint density at radius 2 is 2.16 bits per heavy atom. The molecule has 3 aliphatic rings. The number of nitrogens with zero attached hydrogens (tertiary/aromatic N) is 4. The predicted octanol–water partition coefficient (Wildman–Crippen LogP) is 0.158. The molecule has 0 bridgehead atoms. The highest BCUT2D eigenvalue weighted by Gasteiger charge is 2.42. The van der Waals surface area contributed by atoms with E-state index in [4.69, 9.17) is 9.47 Å². The third-order valence-electron chi connectivity index (χ3n) is 5.79. The number of hydrogen-bond donors (Lipinski definition) is 0. The van der Waals surface area contributed by atoms with Crippen LogP contribution in [0.15, 0.2) is 12.3 Å². The van der Waals surface area contributed by atoms with E-state index in [2.05, 4.69) is 10.00 Å². The van der Waals surface area contributed by atoms with E-state index in [1.54, 1.807) is 4.68 Å². The molecule has 1 amide bonds. The summed E-state index contributed by atoms with van der Waals surface area (Å²) in [5.74, 6) is 1.25. The predicted molar refractivity (Wildman–Crippen MR) is 92.1 cm³/mol. The number of rotatable bonds is 4. The van der Waals surface area contributed by atoms with Gasteiger partial charge in [-0.25, -0.2) is 0 Å². The normalized spacial score (nSPS) is 30.4. The van der Waals surface area contributed by atoms with Crippen molar-refractivity contribution in [1.82, 2.24) is 19.6 Å². The summed E-state index contributed by atoms with van der Waals surface area (Å²) < 4.78 is 13.3. The number of amides is 1. The van der Waals surface area contributed by atoms with Crippen LogP contribution in [0, 0.1) is 11.8 Å². The number of ether oxygens (including phenoxy) is 2. The molecule has 0 unspecified atom stereocenters.